The van der Waals surface area contributed by atoms with Gasteiger partial charge in [-0.25, -0.2) is 13.2 Å². The van der Waals surface area contributed by atoms with Crippen LogP contribution in [0.2, 0.25) is 0 Å². The molecule has 0 radical (unpaired) electrons. The van der Waals surface area contributed by atoms with E-state index in [1.807, 2.05) is 26.1 Å². The van der Waals surface area contributed by atoms with Gasteiger partial charge in [-0.1, -0.05) is 29.4 Å². The van der Waals surface area contributed by atoms with Crippen LogP contribution in [0.15, 0.2) is 46.4 Å². The van der Waals surface area contributed by atoms with E-state index in [9.17, 15) is 23.1 Å². The SMILES string of the molecule is CC1=CCN(C(=O)[C@H](CC2=CCCN(C(=N)N)C2)NS(=O)(=O)c2ccc3c(c2)CN(C)CC3)[C@H](C(=O)O)C1. The molecule has 0 saturated carbocycles. The fraction of sp³-hybridized carbons (Fsp3) is 0.500. The van der Waals surface area contributed by atoms with Crippen molar-refractivity contribution in [3.05, 3.63) is 52.6 Å². The summed E-state index contributed by atoms with van der Waals surface area (Å²) in [5, 5.41) is 17.6. The van der Waals surface area contributed by atoms with Crippen LogP contribution in [-0.4, -0.2) is 91.4 Å². The van der Waals surface area contributed by atoms with Gasteiger partial charge in [-0.3, -0.25) is 10.2 Å². The number of fused-ring (bicyclic) bond motifs is 1. The van der Waals surface area contributed by atoms with Gasteiger partial charge in [0.2, 0.25) is 15.9 Å². The zero-order valence-corrected chi connectivity index (χ0v) is 22.6. The second-order valence-corrected chi connectivity index (χ2v) is 12.1. The number of rotatable bonds is 7. The van der Waals surface area contributed by atoms with E-state index in [1.165, 1.54) is 4.90 Å². The number of guanidine groups is 1. The lowest BCUT2D eigenvalue weighted by Gasteiger charge is -2.35. The molecule has 0 bridgehead atoms. The van der Waals surface area contributed by atoms with E-state index < -0.39 is 34.0 Å². The topological polar surface area (TPSA) is 160 Å². The molecule has 11 nitrogen and oxygen atoms in total. The van der Waals surface area contributed by atoms with Crippen LogP contribution >= 0.6 is 0 Å². The van der Waals surface area contributed by atoms with Crippen molar-refractivity contribution >= 4 is 27.9 Å². The van der Waals surface area contributed by atoms with E-state index in [-0.39, 0.29) is 30.2 Å². The van der Waals surface area contributed by atoms with Crippen LogP contribution in [0, 0.1) is 5.41 Å². The standard InChI is InChI=1S/C26H36N6O5S/c1-17-7-11-32(23(12-17)25(34)35)24(33)22(13-18-4-3-9-31(15-18)26(27)28)29-38(36,37)21-6-5-19-8-10-30(2)16-20(19)14-21/h4-7,14,22-23,29H,3,8-13,15-16H2,1-2H3,(H3,27,28)(H,34,35)/t22-,23-/m0/s1. The molecule has 2 atom stereocenters. The second-order valence-electron chi connectivity index (χ2n) is 10.4. The predicted octanol–water partition coefficient (Wildman–Crippen LogP) is 0.869. The van der Waals surface area contributed by atoms with Crippen LogP contribution in [-0.2, 0) is 32.6 Å². The number of sulfonamides is 1. The number of carboxylic acid groups (broad SMARTS) is 1. The number of carbonyl (C=O) groups is 2. The third kappa shape index (κ3) is 6.25. The molecular weight excluding hydrogens is 508 g/mol. The number of likely N-dealkylation sites (N-methyl/N-ethyl adjacent to an activating group) is 1. The Balaban J connectivity index is 1.64. The maximum absolute atomic E-state index is 13.8. The highest BCUT2D eigenvalue weighted by Gasteiger charge is 2.38. The monoisotopic (exact) mass is 544 g/mol. The molecule has 0 aromatic heterocycles. The van der Waals surface area contributed by atoms with Crippen molar-refractivity contribution in [1.29, 1.82) is 5.41 Å². The van der Waals surface area contributed by atoms with E-state index in [1.54, 1.807) is 23.1 Å². The van der Waals surface area contributed by atoms with Crippen molar-refractivity contribution in [1.82, 2.24) is 19.4 Å². The van der Waals surface area contributed by atoms with E-state index in [0.29, 0.717) is 26.1 Å². The molecule has 12 heteroatoms. The maximum atomic E-state index is 13.8. The van der Waals surface area contributed by atoms with Gasteiger partial charge < -0.3 is 25.5 Å². The highest BCUT2D eigenvalue weighted by atomic mass is 32.2. The molecule has 0 saturated heterocycles. The van der Waals surface area contributed by atoms with Gasteiger partial charge in [-0.05, 0) is 62.9 Å². The first kappa shape index (κ1) is 27.8. The van der Waals surface area contributed by atoms with Gasteiger partial charge in [-0.15, -0.1) is 0 Å². The normalized spacial score (nSPS) is 21.3. The fourth-order valence-corrected chi connectivity index (χ4v) is 6.49. The molecule has 0 unspecified atom stereocenters. The second kappa shape index (κ2) is 11.3. The molecule has 0 fully saturated rings. The van der Waals surface area contributed by atoms with E-state index in [0.717, 1.165) is 35.2 Å². The lowest BCUT2D eigenvalue weighted by molar-refractivity contribution is -0.150. The first-order valence-corrected chi connectivity index (χ1v) is 14.2. The van der Waals surface area contributed by atoms with Crippen molar-refractivity contribution in [2.24, 2.45) is 5.73 Å². The fourth-order valence-electron chi connectivity index (χ4n) is 5.25. The first-order chi connectivity index (χ1) is 17.9. The summed E-state index contributed by atoms with van der Waals surface area (Å²) >= 11 is 0. The molecular formula is C26H36N6O5S. The van der Waals surface area contributed by atoms with Gasteiger partial charge in [0.05, 0.1) is 4.90 Å². The average molecular weight is 545 g/mol. The highest BCUT2D eigenvalue weighted by Crippen LogP contribution is 2.25. The summed E-state index contributed by atoms with van der Waals surface area (Å²) in [6.07, 6.45) is 5.38. The summed E-state index contributed by atoms with van der Waals surface area (Å²) in [7, 11) is -2.13. The lowest BCUT2D eigenvalue weighted by atomic mass is 9.97. The number of nitrogens with one attached hydrogen (secondary N) is 2. The van der Waals surface area contributed by atoms with E-state index in [4.69, 9.17) is 11.1 Å². The molecule has 0 spiro atoms. The van der Waals surface area contributed by atoms with Crippen LogP contribution in [0.1, 0.15) is 37.3 Å². The van der Waals surface area contributed by atoms with E-state index >= 15 is 0 Å². The smallest absolute Gasteiger partial charge is 0.326 e. The Morgan fingerprint density at radius 2 is 1.97 bits per heavy atom. The van der Waals surface area contributed by atoms with Crippen molar-refractivity contribution < 1.29 is 23.1 Å². The van der Waals surface area contributed by atoms with Crippen LogP contribution < -0.4 is 10.5 Å². The number of amides is 1. The molecule has 3 aliphatic rings. The predicted molar refractivity (Wildman–Crippen MR) is 143 cm³/mol. The van der Waals surface area contributed by atoms with Gasteiger partial charge in [-0.2, -0.15) is 4.72 Å². The lowest BCUT2D eigenvalue weighted by Crippen LogP contribution is -2.55. The molecule has 0 aliphatic carbocycles. The average Bonchev–Trinajstić information content (AvgIpc) is 2.87. The van der Waals surface area contributed by atoms with Crippen molar-refractivity contribution in [2.45, 2.75) is 56.1 Å². The van der Waals surface area contributed by atoms with E-state index in [2.05, 4.69) is 9.62 Å². The Hall–Kier alpha value is -3.22. The Morgan fingerprint density at radius 1 is 1.21 bits per heavy atom. The quantitative estimate of drug-likeness (QED) is 0.223. The summed E-state index contributed by atoms with van der Waals surface area (Å²) in [5.41, 5.74) is 9.32. The minimum absolute atomic E-state index is 0.0427. The van der Waals surface area contributed by atoms with Crippen molar-refractivity contribution in [3.8, 4) is 0 Å². The molecule has 1 aromatic carbocycles. The van der Waals surface area contributed by atoms with Gasteiger partial charge in [0.25, 0.3) is 0 Å². The number of hydrogen-bond acceptors (Lipinski definition) is 6. The minimum Gasteiger partial charge on any atom is -0.480 e. The van der Waals surface area contributed by atoms with Crippen LogP contribution in [0.25, 0.3) is 0 Å². The Kier molecular flexibility index (Phi) is 8.24. The zero-order chi connectivity index (χ0) is 27.6. The minimum atomic E-state index is -4.11. The van der Waals surface area contributed by atoms with Crippen molar-refractivity contribution in [3.63, 3.8) is 0 Å². The maximum Gasteiger partial charge on any atom is 0.326 e. The van der Waals surface area contributed by atoms with Crippen LogP contribution in [0.5, 0.6) is 0 Å². The number of aliphatic carboxylic acids is 1. The Labute approximate surface area is 223 Å². The molecule has 3 aliphatic heterocycles. The first-order valence-electron chi connectivity index (χ1n) is 12.7. The Morgan fingerprint density at radius 3 is 2.68 bits per heavy atom. The third-order valence-corrected chi connectivity index (χ3v) is 8.89. The molecule has 4 rings (SSSR count). The highest BCUT2D eigenvalue weighted by molar-refractivity contribution is 7.89. The number of carboxylic acids is 1. The molecule has 5 N–H and O–H groups in total. The Bertz CT molecular complexity index is 1290. The zero-order valence-electron chi connectivity index (χ0n) is 21.8. The summed E-state index contributed by atoms with van der Waals surface area (Å²) in [6.45, 7) is 4.29. The van der Waals surface area contributed by atoms with Gasteiger partial charge >= 0.3 is 5.97 Å². The molecule has 38 heavy (non-hydrogen) atoms. The largest absolute Gasteiger partial charge is 0.480 e. The number of benzene rings is 1. The number of carbonyl (C=O) groups excluding carboxylic acids is 1. The molecule has 1 amide bonds. The number of nitrogens with two attached hydrogens (primary N) is 1. The summed E-state index contributed by atoms with van der Waals surface area (Å²) in [6, 6.07) is 2.73. The van der Waals surface area contributed by atoms with Gasteiger partial charge in [0.15, 0.2) is 5.96 Å². The summed E-state index contributed by atoms with van der Waals surface area (Å²) in [4.78, 5) is 30.8. The van der Waals surface area contributed by atoms with Crippen molar-refractivity contribution in [2.75, 3.05) is 33.2 Å². The molecule has 3 heterocycles. The molecule has 1 aromatic rings. The summed E-state index contributed by atoms with van der Waals surface area (Å²) in [5.74, 6) is -1.82. The van der Waals surface area contributed by atoms with Crippen LogP contribution in [0.3, 0.4) is 0 Å². The number of hydrogen-bond donors (Lipinski definition) is 4. The van der Waals surface area contributed by atoms with Gasteiger partial charge in [0.1, 0.15) is 12.1 Å². The van der Waals surface area contributed by atoms with Gasteiger partial charge in [0, 0.05) is 32.7 Å². The summed E-state index contributed by atoms with van der Waals surface area (Å²) < 4.78 is 29.7. The number of nitrogens with zero attached hydrogens (tertiary/aromatic N) is 3. The molecule has 206 valence electrons. The third-order valence-electron chi connectivity index (χ3n) is 7.42. The van der Waals surface area contributed by atoms with Crippen LogP contribution in [0.4, 0.5) is 0 Å².